The molecule has 0 heterocycles. The number of hydrogen-bond donors (Lipinski definition) is 2. The van der Waals surface area contributed by atoms with E-state index in [0.29, 0.717) is 6.42 Å². The maximum absolute atomic E-state index is 12.5. The number of hydrogen-bond acceptors (Lipinski definition) is 2. The topological polar surface area (TPSA) is 66.4 Å². The monoisotopic (exact) mass is 271 g/mol. The van der Waals surface area contributed by atoms with Crippen LogP contribution in [0.3, 0.4) is 0 Å². The Hall–Kier alpha value is -1.34. The molecule has 0 bridgehead atoms. The number of amides is 1. The quantitative estimate of drug-likeness (QED) is 0.745. The van der Waals surface area contributed by atoms with Gasteiger partial charge in [-0.05, 0) is 19.3 Å². The molecule has 0 unspecified atom stereocenters. The molecule has 1 saturated carbocycles. The fourth-order valence-electron chi connectivity index (χ4n) is 1.87. The van der Waals surface area contributed by atoms with Crippen molar-refractivity contribution < 1.29 is 32.3 Å². The van der Waals surface area contributed by atoms with E-state index in [0.717, 1.165) is 0 Å². The summed E-state index contributed by atoms with van der Waals surface area (Å²) < 4.78 is 48.7. The molecular weight excluding hydrogens is 258 g/mol. The van der Waals surface area contributed by atoms with Crippen molar-refractivity contribution in [1.29, 1.82) is 0 Å². The minimum absolute atomic E-state index is 0.0570. The predicted octanol–water partition coefficient (Wildman–Crippen LogP) is 1.50. The Balaban J connectivity index is 2.41. The first-order chi connectivity index (χ1) is 8.24. The summed E-state index contributed by atoms with van der Waals surface area (Å²) in [7, 11) is 0. The van der Waals surface area contributed by atoms with Crippen molar-refractivity contribution in [3.8, 4) is 0 Å². The average molecular weight is 271 g/mol. The molecule has 0 radical (unpaired) electrons. The highest BCUT2D eigenvalue weighted by atomic mass is 19.3. The predicted molar refractivity (Wildman–Crippen MR) is 52.4 cm³/mol. The van der Waals surface area contributed by atoms with E-state index in [1.165, 1.54) is 0 Å². The number of carbonyl (C=O) groups excluding carboxylic acids is 1. The summed E-state index contributed by atoms with van der Waals surface area (Å²) in [5, 5.41) is 10.4. The fraction of sp³-hybridized carbons (Fsp3) is 0.800. The van der Waals surface area contributed by atoms with E-state index in [9.17, 15) is 27.2 Å². The Morgan fingerprint density at radius 2 is 1.83 bits per heavy atom. The summed E-state index contributed by atoms with van der Waals surface area (Å²) in [6, 6.07) is 0. The van der Waals surface area contributed by atoms with Gasteiger partial charge in [-0.3, -0.25) is 9.59 Å². The van der Waals surface area contributed by atoms with Gasteiger partial charge in [0.15, 0.2) is 0 Å². The van der Waals surface area contributed by atoms with E-state index in [1.807, 2.05) is 0 Å². The molecule has 1 aliphatic carbocycles. The zero-order valence-corrected chi connectivity index (χ0v) is 9.34. The Morgan fingerprint density at radius 1 is 1.28 bits per heavy atom. The van der Waals surface area contributed by atoms with Gasteiger partial charge in [0, 0.05) is 5.92 Å². The molecule has 8 heteroatoms. The Labute approximate surface area is 100 Å². The highest BCUT2D eigenvalue weighted by Crippen LogP contribution is 2.31. The zero-order chi connectivity index (χ0) is 13.9. The van der Waals surface area contributed by atoms with Crippen LogP contribution in [0.25, 0.3) is 0 Å². The van der Waals surface area contributed by atoms with Gasteiger partial charge < -0.3 is 10.4 Å². The van der Waals surface area contributed by atoms with Crippen LogP contribution in [-0.2, 0) is 9.59 Å². The van der Waals surface area contributed by atoms with Crippen LogP contribution >= 0.6 is 0 Å². The second kappa shape index (κ2) is 5.53. The van der Waals surface area contributed by atoms with Gasteiger partial charge >= 0.3 is 18.3 Å². The van der Waals surface area contributed by atoms with Crippen molar-refractivity contribution in [1.82, 2.24) is 5.32 Å². The first-order valence-corrected chi connectivity index (χ1v) is 5.40. The molecule has 104 valence electrons. The van der Waals surface area contributed by atoms with Gasteiger partial charge in [-0.1, -0.05) is 0 Å². The third-order valence-electron chi connectivity index (χ3n) is 2.97. The zero-order valence-electron chi connectivity index (χ0n) is 9.34. The van der Waals surface area contributed by atoms with Crippen molar-refractivity contribution in [2.45, 2.75) is 31.6 Å². The summed E-state index contributed by atoms with van der Waals surface area (Å²) in [4.78, 5) is 22.0. The van der Waals surface area contributed by atoms with E-state index in [-0.39, 0.29) is 12.8 Å². The molecule has 0 spiro atoms. The fourth-order valence-corrected chi connectivity index (χ4v) is 1.87. The van der Waals surface area contributed by atoms with Crippen LogP contribution in [0, 0.1) is 11.8 Å². The second-order valence-corrected chi connectivity index (χ2v) is 4.32. The van der Waals surface area contributed by atoms with Gasteiger partial charge in [-0.25, -0.2) is 8.78 Å². The number of nitrogens with one attached hydrogen (secondary N) is 1. The summed E-state index contributed by atoms with van der Waals surface area (Å²) >= 11 is 0. The smallest absolute Gasteiger partial charge is 0.324 e. The van der Waals surface area contributed by atoms with Crippen LogP contribution in [0.5, 0.6) is 0 Å². The van der Waals surface area contributed by atoms with Gasteiger partial charge in [0.25, 0.3) is 0 Å². The number of carboxylic acid groups (broad SMARTS) is 1. The summed E-state index contributed by atoms with van der Waals surface area (Å²) in [6.07, 6.45) is -3.23. The number of aliphatic carboxylic acids is 1. The molecule has 0 aliphatic heterocycles. The summed E-state index contributed by atoms with van der Waals surface area (Å²) in [6.45, 7) is -1.43. The molecule has 18 heavy (non-hydrogen) atoms. The van der Waals surface area contributed by atoms with Crippen LogP contribution in [0.4, 0.5) is 17.6 Å². The Bertz CT molecular complexity index is 335. The van der Waals surface area contributed by atoms with Crippen molar-refractivity contribution in [2.24, 2.45) is 11.8 Å². The van der Waals surface area contributed by atoms with Crippen molar-refractivity contribution in [2.75, 3.05) is 6.54 Å². The molecular formula is C10H13F4NO3. The maximum Gasteiger partial charge on any atom is 0.324 e. The van der Waals surface area contributed by atoms with E-state index < -0.39 is 42.6 Å². The minimum Gasteiger partial charge on any atom is -0.481 e. The van der Waals surface area contributed by atoms with Crippen molar-refractivity contribution >= 4 is 11.9 Å². The molecule has 1 amide bonds. The molecule has 0 aromatic carbocycles. The standard InChI is InChI=1S/C10H13F4NO3/c11-9(12)10(13,14)4-15-7(16)5-1-2-6(3-5)8(17)18/h5-6,9H,1-4H2,(H,15,16)(H,17,18)/t5-,6+/m1/s1. The Kier molecular flexibility index (Phi) is 4.53. The van der Waals surface area contributed by atoms with Gasteiger partial charge in [-0.2, -0.15) is 8.78 Å². The van der Waals surface area contributed by atoms with Gasteiger partial charge in [-0.15, -0.1) is 0 Å². The number of halogens is 4. The average Bonchev–Trinajstić information content (AvgIpc) is 2.75. The third-order valence-corrected chi connectivity index (χ3v) is 2.97. The van der Waals surface area contributed by atoms with Crippen molar-refractivity contribution in [3.05, 3.63) is 0 Å². The Morgan fingerprint density at radius 3 is 2.28 bits per heavy atom. The minimum atomic E-state index is -4.26. The third kappa shape index (κ3) is 3.58. The SMILES string of the molecule is O=C(O)[C@H]1CC[C@@H](C(=O)NCC(F)(F)C(F)F)C1. The lowest BCUT2D eigenvalue weighted by Gasteiger charge is -2.17. The molecule has 0 saturated heterocycles. The molecule has 1 rings (SSSR count). The van der Waals surface area contributed by atoms with Gasteiger partial charge in [0.05, 0.1) is 12.5 Å². The number of carbonyl (C=O) groups is 2. The normalized spacial score (nSPS) is 24.3. The van der Waals surface area contributed by atoms with E-state index in [1.54, 1.807) is 5.32 Å². The van der Waals surface area contributed by atoms with E-state index in [2.05, 4.69) is 0 Å². The molecule has 0 aromatic heterocycles. The molecule has 1 fully saturated rings. The second-order valence-electron chi connectivity index (χ2n) is 4.32. The lowest BCUT2D eigenvalue weighted by atomic mass is 10.0. The molecule has 1 aliphatic rings. The lowest BCUT2D eigenvalue weighted by Crippen LogP contribution is -2.43. The highest BCUT2D eigenvalue weighted by Gasteiger charge is 2.42. The number of carboxylic acids is 1. The molecule has 0 aromatic rings. The van der Waals surface area contributed by atoms with Crippen LogP contribution < -0.4 is 5.32 Å². The largest absolute Gasteiger partial charge is 0.481 e. The molecule has 2 atom stereocenters. The van der Waals surface area contributed by atoms with E-state index in [4.69, 9.17) is 5.11 Å². The number of rotatable bonds is 5. The molecule has 2 N–H and O–H groups in total. The summed E-state index contributed by atoms with van der Waals surface area (Å²) in [5.41, 5.74) is 0. The molecule has 4 nitrogen and oxygen atoms in total. The first-order valence-electron chi connectivity index (χ1n) is 5.40. The highest BCUT2D eigenvalue weighted by molar-refractivity contribution is 5.80. The maximum atomic E-state index is 12.5. The van der Waals surface area contributed by atoms with Crippen LogP contribution in [0.15, 0.2) is 0 Å². The lowest BCUT2D eigenvalue weighted by molar-refractivity contribution is -0.142. The number of alkyl halides is 4. The van der Waals surface area contributed by atoms with Gasteiger partial charge in [0.2, 0.25) is 5.91 Å². The van der Waals surface area contributed by atoms with Crippen LogP contribution in [0.1, 0.15) is 19.3 Å². The van der Waals surface area contributed by atoms with E-state index >= 15 is 0 Å². The van der Waals surface area contributed by atoms with Crippen LogP contribution in [0.2, 0.25) is 0 Å². The summed E-state index contributed by atoms with van der Waals surface area (Å²) in [5.74, 6) is -7.46. The van der Waals surface area contributed by atoms with Crippen LogP contribution in [-0.4, -0.2) is 35.9 Å². The van der Waals surface area contributed by atoms with Crippen molar-refractivity contribution in [3.63, 3.8) is 0 Å². The first kappa shape index (κ1) is 14.7. The van der Waals surface area contributed by atoms with Gasteiger partial charge in [0.1, 0.15) is 0 Å².